The SMILES string of the molecule is O=Cc1cnc2c(Cc3cccc(Br)c3Cl)nccc2c1. The van der Waals surface area contributed by atoms with Crippen LogP contribution in [0.4, 0.5) is 0 Å². The predicted octanol–water partition coefficient (Wildman–Crippen LogP) is 4.45. The van der Waals surface area contributed by atoms with E-state index in [9.17, 15) is 4.79 Å². The van der Waals surface area contributed by atoms with Crippen LogP contribution in [0.3, 0.4) is 0 Å². The van der Waals surface area contributed by atoms with Crippen molar-refractivity contribution in [2.45, 2.75) is 6.42 Å². The number of carbonyl (C=O) groups is 1. The minimum absolute atomic E-state index is 0.556. The number of nitrogens with zero attached hydrogens (tertiary/aromatic N) is 2. The minimum Gasteiger partial charge on any atom is -0.298 e. The molecular weight excluding hydrogens is 352 g/mol. The summed E-state index contributed by atoms with van der Waals surface area (Å²) in [7, 11) is 0. The maximum Gasteiger partial charge on any atom is 0.151 e. The zero-order valence-corrected chi connectivity index (χ0v) is 13.2. The molecule has 0 aliphatic rings. The first-order valence-electron chi connectivity index (χ1n) is 6.31. The van der Waals surface area contributed by atoms with Crippen molar-refractivity contribution in [1.29, 1.82) is 0 Å². The van der Waals surface area contributed by atoms with Gasteiger partial charge in [0.1, 0.15) is 0 Å². The van der Waals surface area contributed by atoms with E-state index in [1.165, 1.54) is 0 Å². The number of pyridine rings is 2. The molecule has 3 nitrogen and oxygen atoms in total. The highest BCUT2D eigenvalue weighted by Crippen LogP contribution is 2.28. The van der Waals surface area contributed by atoms with Gasteiger partial charge in [-0.15, -0.1) is 0 Å². The topological polar surface area (TPSA) is 42.9 Å². The predicted molar refractivity (Wildman–Crippen MR) is 86.9 cm³/mol. The highest BCUT2D eigenvalue weighted by Gasteiger charge is 2.10. The third kappa shape index (κ3) is 2.82. The monoisotopic (exact) mass is 360 g/mol. The Balaban J connectivity index is 2.08. The lowest BCUT2D eigenvalue weighted by atomic mass is 10.1. The summed E-state index contributed by atoms with van der Waals surface area (Å²) in [6.45, 7) is 0. The van der Waals surface area contributed by atoms with Crippen LogP contribution >= 0.6 is 27.5 Å². The Kier molecular flexibility index (Phi) is 3.99. The van der Waals surface area contributed by atoms with Gasteiger partial charge in [0.05, 0.1) is 16.2 Å². The summed E-state index contributed by atoms with van der Waals surface area (Å²) >= 11 is 9.72. The fraction of sp³-hybridized carbons (Fsp3) is 0.0625. The number of aromatic nitrogens is 2. The van der Waals surface area contributed by atoms with E-state index in [1.807, 2.05) is 30.3 Å². The van der Waals surface area contributed by atoms with Gasteiger partial charge in [0.2, 0.25) is 0 Å². The number of fused-ring (bicyclic) bond motifs is 1. The van der Waals surface area contributed by atoms with Crippen LogP contribution in [0.25, 0.3) is 10.9 Å². The van der Waals surface area contributed by atoms with Crippen molar-refractivity contribution < 1.29 is 4.79 Å². The molecule has 1 aromatic carbocycles. The number of aldehydes is 1. The summed E-state index contributed by atoms with van der Waals surface area (Å²) in [5, 5.41) is 1.58. The minimum atomic E-state index is 0.556. The second-order valence-electron chi connectivity index (χ2n) is 4.61. The van der Waals surface area contributed by atoms with E-state index in [1.54, 1.807) is 12.4 Å². The van der Waals surface area contributed by atoms with Crippen LogP contribution in [0.5, 0.6) is 0 Å². The highest BCUT2D eigenvalue weighted by molar-refractivity contribution is 9.10. The standard InChI is InChI=1S/C16H10BrClN2O/c17-13-3-1-2-11(15(13)18)7-14-16-12(4-5-19-14)6-10(9-21)8-20-16/h1-6,8-9H,7H2. The van der Waals surface area contributed by atoms with Crippen LogP contribution in [0, 0.1) is 0 Å². The van der Waals surface area contributed by atoms with Crippen LogP contribution in [0.15, 0.2) is 47.2 Å². The lowest BCUT2D eigenvalue weighted by Gasteiger charge is -2.08. The van der Waals surface area contributed by atoms with Gasteiger partial charge in [-0.2, -0.15) is 0 Å². The number of hydrogen-bond acceptors (Lipinski definition) is 3. The van der Waals surface area contributed by atoms with E-state index in [0.717, 1.165) is 32.9 Å². The Labute approximate surface area is 135 Å². The van der Waals surface area contributed by atoms with E-state index in [4.69, 9.17) is 11.6 Å². The third-order valence-electron chi connectivity index (χ3n) is 3.22. The second kappa shape index (κ2) is 5.92. The number of halogens is 2. The Morgan fingerprint density at radius 2 is 2.10 bits per heavy atom. The van der Waals surface area contributed by atoms with Crippen LogP contribution in [0.1, 0.15) is 21.6 Å². The molecule has 0 unspecified atom stereocenters. The van der Waals surface area contributed by atoms with Crippen molar-refractivity contribution in [3.63, 3.8) is 0 Å². The Morgan fingerprint density at radius 3 is 2.90 bits per heavy atom. The molecular formula is C16H10BrClN2O. The summed E-state index contributed by atoms with van der Waals surface area (Å²) in [6.07, 6.45) is 4.66. The van der Waals surface area contributed by atoms with Crippen molar-refractivity contribution >= 4 is 44.7 Å². The summed E-state index contributed by atoms with van der Waals surface area (Å²) in [4.78, 5) is 19.6. The van der Waals surface area contributed by atoms with Gasteiger partial charge in [0.15, 0.2) is 6.29 Å². The van der Waals surface area contributed by atoms with Gasteiger partial charge in [0.25, 0.3) is 0 Å². The fourth-order valence-electron chi connectivity index (χ4n) is 2.19. The molecule has 0 radical (unpaired) electrons. The molecule has 0 fully saturated rings. The molecule has 0 aliphatic carbocycles. The first-order chi connectivity index (χ1) is 10.2. The largest absolute Gasteiger partial charge is 0.298 e. The zero-order valence-electron chi connectivity index (χ0n) is 10.9. The second-order valence-corrected chi connectivity index (χ2v) is 5.84. The molecule has 3 aromatic rings. The Morgan fingerprint density at radius 1 is 1.24 bits per heavy atom. The quantitative estimate of drug-likeness (QED) is 0.647. The van der Waals surface area contributed by atoms with E-state index in [2.05, 4.69) is 25.9 Å². The van der Waals surface area contributed by atoms with Crippen molar-refractivity contribution in [3.8, 4) is 0 Å². The number of rotatable bonds is 3. The Bertz CT molecular complexity index is 836. The molecule has 0 spiro atoms. The maximum atomic E-state index is 10.8. The average molecular weight is 362 g/mol. The zero-order chi connectivity index (χ0) is 14.8. The maximum absolute atomic E-state index is 10.8. The van der Waals surface area contributed by atoms with Gasteiger partial charge in [-0.3, -0.25) is 14.8 Å². The number of carbonyl (C=O) groups excluding carboxylic acids is 1. The lowest BCUT2D eigenvalue weighted by Crippen LogP contribution is -1.97. The molecule has 104 valence electrons. The van der Waals surface area contributed by atoms with Crippen molar-refractivity contribution in [2.24, 2.45) is 0 Å². The molecule has 0 saturated heterocycles. The first kappa shape index (κ1) is 14.2. The van der Waals surface area contributed by atoms with E-state index in [0.29, 0.717) is 17.0 Å². The normalized spacial score (nSPS) is 10.8. The van der Waals surface area contributed by atoms with Crippen LogP contribution in [0.2, 0.25) is 5.02 Å². The molecule has 0 saturated carbocycles. The summed E-state index contributed by atoms with van der Waals surface area (Å²) < 4.78 is 0.859. The molecule has 0 amide bonds. The smallest absolute Gasteiger partial charge is 0.151 e. The first-order valence-corrected chi connectivity index (χ1v) is 7.48. The molecule has 0 atom stereocenters. The van der Waals surface area contributed by atoms with Crippen LogP contribution in [-0.2, 0) is 6.42 Å². The molecule has 21 heavy (non-hydrogen) atoms. The van der Waals surface area contributed by atoms with Gasteiger partial charge in [-0.05, 0) is 39.7 Å². The van der Waals surface area contributed by atoms with E-state index < -0.39 is 0 Å². The lowest BCUT2D eigenvalue weighted by molar-refractivity contribution is 0.112. The van der Waals surface area contributed by atoms with Gasteiger partial charge in [-0.1, -0.05) is 23.7 Å². The summed E-state index contributed by atoms with van der Waals surface area (Å²) in [5.74, 6) is 0. The Hall–Kier alpha value is -1.78. The summed E-state index contributed by atoms with van der Waals surface area (Å²) in [5.41, 5.74) is 3.16. The molecule has 0 aliphatic heterocycles. The van der Waals surface area contributed by atoms with Gasteiger partial charge in [-0.25, -0.2) is 0 Å². The molecule has 2 heterocycles. The van der Waals surface area contributed by atoms with Crippen molar-refractivity contribution in [3.05, 3.63) is 69.0 Å². The summed E-state index contributed by atoms with van der Waals surface area (Å²) in [6, 6.07) is 9.46. The molecule has 5 heteroatoms. The van der Waals surface area contributed by atoms with Gasteiger partial charge < -0.3 is 0 Å². The number of benzene rings is 1. The molecule has 3 rings (SSSR count). The van der Waals surface area contributed by atoms with Crippen LogP contribution < -0.4 is 0 Å². The van der Waals surface area contributed by atoms with Crippen LogP contribution in [-0.4, -0.2) is 16.3 Å². The third-order valence-corrected chi connectivity index (χ3v) is 4.56. The van der Waals surface area contributed by atoms with Gasteiger partial charge >= 0.3 is 0 Å². The van der Waals surface area contributed by atoms with Crippen molar-refractivity contribution in [1.82, 2.24) is 9.97 Å². The average Bonchev–Trinajstić information content (AvgIpc) is 2.51. The molecule has 0 N–H and O–H groups in total. The fourth-order valence-corrected chi connectivity index (χ4v) is 2.79. The highest BCUT2D eigenvalue weighted by atomic mass is 79.9. The van der Waals surface area contributed by atoms with Gasteiger partial charge in [0, 0.05) is 34.2 Å². The molecule has 0 bridgehead atoms. The molecule has 2 aromatic heterocycles. The van der Waals surface area contributed by atoms with E-state index in [-0.39, 0.29) is 0 Å². The van der Waals surface area contributed by atoms with Crippen molar-refractivity contribution in [2.75, 3.05) is 0 Å². The number of hydrogen-bond donors (Lipinski definition) is 0. The van der Waals surface area contributed by atoms with E-state index >= 15 is 0 Å².